The molecular weight excluding hydrogens is 962 g/mol. The Morgan fingerprint density at radius 2 is 1.01 bits per heavy atom. The molecule has 25 heteroatoms. The molecule has 0 atom stereocenters. The number of aromatic nitrogens is 2. The molecule has 0 radical (unpaired) electrons. The van der Waals surface area contributed by atoms with E-state index in [4.69, 9.17) is 46.1 Å². The van der Waals surface area contributed by atoms with Crippen LogP contribution in [0.4, 0.5) is 11.6 Å². The lowest BCUT2D eigenvalue weighted by Crippen LogP contribution is -2.60. The normalized spacial score (nSPS) is 15.8. The summed E-state index contributed by atoms with van der Waals surface area (Å²) in [6, 6.07) is 8.84. The highest BCUT2D eigenvalue weighted by atomic mass is 35.5. The number of aliphatic hydroxyl groups excluding tert-OH is 1. The van der Waals surface area contributed by atoms with Gasteiger partial charge in [0.1, 0.15) is 11.1 Å². The average molecular weight is 1020 g/mol. The van der Waals surface area contributed by atoms with Crippen molar-refractivity contribution in [2.45, 2.75) is 72.2 Å². The first-order valence-electron chi connectivity index (χ1n) is 21.7. The zero-order valence-electron chi connectivity index (χ0n) is 38.8. The van der Waals surface area contributed by atoms with Crippen LogP contribution in [0.1, 0.15) is 51.4 Å². The number of aliphatic imine (C=N–C) groups is 2. The van der Waals surface area contributed by atoms with E-state index in [0.717, 1.165) is 17.1 Å². The van der Waals surface area contributed by atoms with E-state index in [1.54, 1.807) is 33.3 Å². The smallest absolute Gasteiger partial charge is 0.325 e. The van der Waals surface area contributed by atoms with Gasteiger partial charge in [0.2, 0.25) is 26.0 Å². The van der Waals surface area contributed by atoms with Gasteiger partial charge in [0.05, 0.1) is 26.4 Å². The zero-order valence-corrected chi connectivity index (χ0v) is 41.9. The van der Waals surface area contributed by atoms with Crippen LogP contribution in [0.25, 0.3) is 21.5 Å². The Labute approximate surface area is 406 Å². The topological polar surface area (TPSA) is 314 Å². The van der Waals surface area contributed by atoms with Gasteiger partial charge >= 0.3 is 5.97 Å². The molecule has 2 aromatic heterocycles. The van der Waals surface area contributed by atoms with Crippen LogP contribution in [0, 0.1) is 0 Å². The maximum absolute atomic E-state index is 14.2. The number of nitrogens with two attached hydrogens (primary N) is 4. The number of hydrogen-bond acceptors (Lipinski definition) is 13. The van der Waals surface area contributed by atoms with E-state index in [1.165, 1.54) is 45.9 Å². The highest BCUT2D eigenvalue weighted by Gasteiger charge is 2.53. The molecule has 0 aliphatic heterocycles. The molecule has 4 aromatic rings. The molecule has 0 spiro atoms. The van der Waals surface area contributed by atoms with E-state index >= 15 is 0 Å². The number of carboxylic acid groups (broad SMARTS) is 1. The number of pyridine rings is 2. The number of carbonyl (C=O) groups excluding carboxylic acids is 1. The number of hydrogen-bond donors (Lipinski definition) is 6. The van der Waals surface area contributed by atoms with Crippen LogP contribution < -0.4 is 22.9 Å². The second kappa shape index (κ2) is 22.2. The lowest BCUT2D eigenvalue weighted by Gasteiger charge is -2.41. The number of aliphatic hydroxyl groups is 1. The van der Waals surface area contributed by atoms with Gasteiger partial charge in [0.15, 0.2) is 23.6 Å². The van der Waals surface area contributed by atoms with Gasteiger partial charge in [-0.1, -0.05) is 61.0 Å². The number of rotatable bonds is 18. The Morgan fingerprint density at radius 3 is 1.37 bits per heavy atom. The largest absolute Gasteiger partial charge is 0.480 e. The Kier molecular flexibility index (Phi) is 17.6. The summed E-state index contributed by atoms with van der Waals surface area (Å²) in [5.74, 6) is -1.66. The fraction of sp³-hybridized carbons (Fsp3) is 0.488. The lowest BCUT2D eigenvalue weighted by molar-refractivity contribution is -0.148. The van der Waals surface area contributed by atoms with Crippen LogP contribution in [0.3, 0.4) is 0 Å². The number of halogens is 2. The molecule has 10 N–H and O–H groups in total. The minimum Gasteiger partial charge on any atom is -0.480 e. The van der Waals surface area contributed by atoms with Crippen LogP contribution in [0.2, 0.25) is 10.0 Å². The summed E-state index contributed by atoms with van der Waals surface area (Å²) in [6.45, 7) is 0.834. The molecule has 1 amide bonds. The molecule has 68 heavy (non-hydrogen) atoms. The molecule has 2 heterocycles. The fourth-order valence-electron chi connectivity index (χ4n) is 8.72. The molecular formula is C43H61Cl2N13O8S2. The van der Waals surface area contributed by atoms with Crippen LogP contribution in [-0.2, 0) is 29.6 Å². The highest BCUT2D eigenvalue weighted by Crippen LogP contribution is 2.43. The third kappa shape index (κ3) is 11.5. The van der Waals surface area contributed by atoms with Crippen LogP contribution >= 0.6 is 23.2 Å². The third-order valence-electron chi connectivity index (χ3n) is 12.1. The Bertz CT molecular complexity index is 2780. The van der Waals surface area contributed by atoms with Crippen molar-refractivity contribution in [2.24, 2.45) is 32.9 Å². The predicted octanol–water partition coefficient (Wildman–Crippen LogP) is 2.85. The van der Waals surface area contributed by atoms with E-state index in [0.29, 0.717) is 70.4 Å². The van der Waals surface area contributed by atoms with Gasteiger partial charge in [0.25, 0.3) is 0 Å². The zero-order chi connectivity index (χ0) is 50.4. The van der Waals surface area contributed by atoms with Crippen molar-refractivity contribution < 1.29 is 36.6 Å². The average Bonchev–Trinajstić information content (AvgIpc) is 3.97. The maximum Gasteiger partial charge on any atom is 0.325 e. The number of sulfonamides is 2. The minimum absolute atomic E-state index is 0.0197. The van der Waals surface area contributed by atoms with Crippen LogP contribution in [0.15, 0.2) is 68.6 Å². The number of benzene rings is 2. The number of nitrogens with zero attached hydrogens (tertiary/aromatic N) is 9. The van der Waals surface area contributed by atoms with Crippen molar-refractivity contribution in [2.75, 3.05) is 74.6 Å². The van der Waals surface area contributed by atoms with E-state index in [1.807, 2.05) is 23.9 Å². The number of guanidine groups is 2. The van der Waals surface area contributed by atoms with Gasteiger partial charge in [-0.25, -0.2) is 26.8 Å². The van der Waals surface area contributed by atoms with Crippen molar-refractivity contribution >= 4 is 100 Å². The summed E-state index contributed by atoms with van der Waals surface area (Å²) in [5.41, 5.74) is 19.3. The van der Waals surface area contributed by atoms with Crippen molar-refractivity contribution in [1.29, 1.82) is 0 Å². The lowest BCUT2D eigenvalue weighted by atomic mass is 9.95. The standard InChI is InChI=1S/C23H34ClN7O4S.C20H27ClN6O4S/c1-29(2)10-11-31(23(8-4-5-9-23)21(33)30(3)12-13-32)36(34,35)16-6-7-17-18(14-16)20(28-22(25)26)27-15-19(17)24;1-26(2)9-10-27(20(18(28)29)7-3-4-8-20)32(30,31)13-5-6-14-15(11-13)17(25-19(22)23)24-12-16(14)21/h6-7,14-15,32H,4-5,8-13H2,1-3H3,(H4,25,26,27,28);5-6,11-12H,3-4,7-10H2,1-2H3,(H,28,29)(H4,22,23,24,25). The van der Waals surface area contributed by atoms with Crippen molar-refractivity contribution in [3.8, 4) is 0 Å². The van der Waals surface area contributed by atoms with Crippen molar-refractivity contribution in [3.05, 3.63) is 58.8 Å². The van der Waals surface area contributed by atoms with Gasteiger partial charge in [-0.15, -0.1) is 0 Å². The fourth-order valence-corrected chi connectivity index (χ4v) is 12.8. The SMILES string of the molecule is CN(C)CCN(C1(C(=O)N(C)CCO)CCCC1)S(=O)(=O)c1ccc2c(Cl)cnc(N=C(N)N)c2c1.CN(C)CCN(C1(C(=O)O)CCCC1)S(=O)(=O)c1ccc2c(Cl)cnc(N=C(N)N)c2c1. The molecule has 21 nitrogen and oxygen atoms in total. The third-order valence-corrected chi connectivity index (χ3v) is 16.6. The number of aliphatic carboxylic acids is 1. The molecule has 0 saturated heterocycles. The maximum atomic E-state index is 14.2. The Hall–Kier alpha value is -4.98. The van der Waals surface area contributed by atoms with E-state index in [-0.39, 0.29) is 78.3 Å². The van der Waals surface area contributed by atoms with Crippen molar-refractivity contribution in [1.82, 2.24) is 33.3 Å². The summed E-state index contributed by atoms with van der Waals surface area (Å²) >= 11 is 12.5. The second-order valence-electron chi connectivity index (χ2n) is 17.3. The van der Waals surface area contributed by atoms with E-state index in [2.05, 4.69) is 20.0 Å². The monoisotopic (exact) mass is 1020 g/mol. The van der Waals surface area contributed by atoms with Crippen LogP contribution in [0.5, 0.6) is 0 Å². The molecule has 2 aliphatic carbocycles. The molecule has 6 rings (SSSR count). The first-order valence-corrected chi connectivity index (χ1v) is 25.4. The van der Waals surface area contributed by atoms with Gasteiger partial charge in [0, 0.05) is 73.7 Å². The molecule has 2 saturated carbocycles. The predicted molar refractivity (Wildman–Crippen MR) is 264 cm³/mol. The van der Waals surface area contributed by atoms with Crippen LogP contribution in [-0.4, -0.2) is 170 Å². The van der Waals surface area contributed by atoms with Gasteiger partial charge in [-0.3, -0.25) is 9.59 Å². The van der Waals surface area contributed by atoms with Gasteiger partial charge < -0.3 is 47.8 Å². The molecule has 2 aliphatic rings. The summed E-state index contributed by atoms with van der Waals surface area (Å²) in [6.07, 6.45) is 6.82. The highest BCUT2D eigenvalue weighted by molar-refractivity contribution is 7.89. The van der Waals surface area contributed by atoms with E-state index in [9.17, 15) is 36.6 Å². The molecule has 0 unspecified atom stereocenters. The second-order valence-corrected chi connectivity index (χ2v) is 21.9. The van der Waals surface area contributed by atoms with Gasteiger partial charge in [-0.05, 0) is 78.1 Å². The number of carboxylic acids is 1. The Morgan fingerprint density at radius 1 is 0.632 bits per heavy atom. The number of fused-ring (bicyclic) bond motifs is 2. The summed E-state index contributed by atoms with van der Waals surface area (Å²) in [7, 11) is 0.524. The first-order chi connectivity index (χ1) is 31.9. The molecule has 0 bridgehead atoms. The molecule has 2 fully saturated rings. The Balaban J connectivity index is 0.000000256. The number of likely N-dealkylation sites (N-methyl/N-ethyl adjacent to an activating group) is 3. The number of amides is 1. The summed E-state index contributed by atoms with van der Waals surface area (Å²) in [4.78, 5) is 47.3. The first kappa shape index (κ1) is 54.0. The quantitative estimate of drug-likeness (QED) is 0.0617. The van der Waals surface area contributed by atoms with Gasteiger partial charge in [-0.2, -0.15) is 18.6 Å². The number of carbonyl (C=O) groups is 2. The minimum atomic E-state index is -4.19. The summed E-state index contributed by atoms with van der Waals surface area (Å²) in [5, 5.41) is 21.9. The molecule has 2 aromatic carbocycles. The molecule has 372 valence electrons. The van der Waals surface area contributed by atoms with E-state index < -0.39 is 37.1 Å². The van der Waals surface area contributed by atoms with Crippen molar-refractivity contribution in [3.63, 3.8) is 0 Å². The summed E-state index contributed by atoms with van der Waals surface area (Å²) < 4.78 is 58.6.